The van der Waals surface area contributed by atoms with Gasteiger partial charge in [-0.3, -0.25) is 4.79 Å². The van der Waals surface area contributed by atoms with Crippen molar-refractivity contribution in [2.24, 2.45) is 11.7 Å². The van der Waals surface area contributed by atoms with Crippen LogP contribution < -0.4 is 5.73 Å². The maximum Gasteiger partial charge on any atom is 0.254 e. The fourth-order valence-electron chi connectivity index (χ4n) is 2.29. The molecular weight excluding hydrogens is 256 g/mol. The van der Waals surface area contributed by atoms with Crippen molar-refractivity contribution in [1.29, 1.82) is 0 Å². The van der Waals surface area contributed by atoms with Crippen molar-refractivity contribution in [2.75, 3.05) is 13.6 Å². The van der Waals surface area contributed by atoms with Crippen LogP contribution in [0.2, 0.25) is 0 Å². The number of aryl methyl sites for hydroxylation is 3. The Bertz CT molecular complexity index is 488. The molecule has 4 heteroatoms. The number of hydrogen-bond acceptors (Lipinski definition) is 2. The van der Waals surface area contributed by atoms with Gasteiger partial charge in [0.25, 0.3) is 5.91 Å². The highest BCUT2D eigenvalue weighted by Crippen LogP contribution is 2.18. The van der Waals surface area contributed by atoms with E-state index in [4.69, 9.17) is 18.0 Å². The molecule has 1 amide bonds. The van der Waals surface area contributed by atoms with E-state index in [1.165, 1.54) is 5.56 Å². The summed E-state index contributed by atoms with van der Waals surface area (Å²) in [7, 11) is 1.79. The number of thiocarbonyl (C=S) groups is 1. The first-order chi connectivity index (χ1) is 8.73. The number of carbonyl (C=O) groups excluding carboxylic acids is 1. The van der Waals surface area contributed by atoms with Crippen LogP contribution in [-0.4, -0.2) is 29.4 Å². The number of hydrogen-bond donors (Lipinski definition) is 1. The number of carbonyl (C=O) groups is 1. The van der Waals surface area contributed by atoms with Gasteiger partial charge < -0.3 is 10.6 Å². The Hall–Kier alpha value is -1.42. The SMILES string of the molecule is Cc1cc(C)c(C(=O)N(C)CC(C)C(N)=S)c(C)c1. The number of nitrogens with two attached hydrogens (primary N) is 1. The first-order valence-electron chi connectivity index (χ1n) is 6.36. The molecule has 0 radical (unpaired) electrons. The molecule has 0 aliphatic carbocycles. The van der Waals surface area contributed by atoms with Crippen LogP contribution >= 0.6 is 12.2 Å². The van der Waals surface area contributed by atoms with Gasteiger partial charge in [-0.25, -0.2) is 0 Å². The first-order valence-corrected chi connectivity index (χ1v) is 6.77. The number of nitrogens with zero attached hydrogens (tertiary/aromatic N) is 1. The standard InChI is InChI=1S/C15H22N2OS/c1-9-6-10(2)13(11(3)7-9)15(18)17(5)8-12(4)14(16)19/h6-7,12H,8H2,1-5H3,(H2,16,19). The van der Waals surface area contributed by atoms with Gasteiger partial charge in [0.15, 0.2) is 0 Å². The van der Waals surface area contributed by atoms with E-state index in [2.05, 4.69) is 0 Å². The molecule has 0 aliphatic heterocycles. The van der Waals surface area contributed by atoms with Crippen LogP contribution in [-0.2, 0) is 0 Å². The summed E-state index contributed by atoms with van der Waals surface area (Å²) < 4.78 is 0. The van der Waals surface area contributed by atoms with Gasteiger partial charge in [-0.05, 0) is 31.9 Å². The predicted molar refractivity (Wildman–Crippen MR) is 83.6 cm³/mol. The van der Waals surface area contributed by atoms with Crippen molar-refractivity contribution in [3.05, 3.63) is 34.4 Å². The molecule has 19 heavy (non-hydrogen) atoms. The maximum absolute atomic E-state index is 12.5. The summed E-state index contributed by atoms with van der Waals surface area (Å²) >= 11 is 4.95. The predicted octanol–water partition coefficient (Wildman–Crippen LogP) is 2.61. The Morgan fingerprint density at radius 3 is 2.21 bits per heavy atom. The van der Waals surface area contributed by atoms with Crippen molar-refractivity contribution in [2.45, 2.75) is 27.7 Å². The lowest BCUT2D eigenvalue weighted by Gasteiger charge is -2.23. The fraction of sp³-hybridized carbons (Fsp3) is 0.467. The molecule has 1 aromatic rings. The topological polar surface area (TPSA) is 46.3 Å². The zero-order valence-corrected chi connectivity index (χ0v) is 13.1. The van der Waals surface area contributed by atoms with Crippen LogP contribution in [0.15, 0.2) is 12.1 Å². The van der Waals surface area contributed by atoms with Gasteiger partial charge in [-0.1, -0.05) is 36.8 Å². The third-order valence-corrected chi connectivity index (χ3v) is 3.67. The Balaban J connectivity index is 2.98. The van der Waals surface area contributed by atoms with Gasteiger partial charge in [0.2, 0.25) is 0 Å². The van der Waals surface area contributed by atoms with Crippen molar-refractivity contribution in [3.63, 3.8) is 0 Å². The third kappa shape index (κ3) is 3.77. The Labute approximate surface area is 120 Å². The number of amides is 1. The molecule has 0 fully saturated rings. The van der Waals surface area contributed by atoms with Crippen molar-refractivity contribution >= 4 is 23.1 Å². The van der Waals surface area contributed by atoms with E-state index < -0.39 is 0 Å². The van der Waals surface area contributed by atoms with Gasteiger partial charge in [-0.15, -0.1) is 0 Å². The Morgan fingerprint density at radius 2 is 1.79 bits per heavy atom. The van der Waals surface area contributed by atoms with Crippen molar-refractivity contribution in [1.82, 2.24) is 4.90 Å². The second-order valence-electron chi connectivity index (χ2n) is 5.26. The average molecular weight is 278 g/mol. The highest BCUT2D eigenvalue weighted by atomic mass is 32.1. The lowest BCUT2D eigenvalue weighted by molar-refractivity contribution is 0.0785. The highest BCUT2D eigenvalue weighted by Gasteiger charge is 2.19. The van der Waals surface area contributed by atoms with Gasteiger partial charge >= 0.3 is 0 Å². The molecule has 0 spiro atoms. The summed E-state index contributed by atoms with van der Waals surface area (Å²) in [5, 5.41) is 0. The van der Waals surface area contributed by atoms with E-state index in [0.717, 1.165) is 16.7 Å². The van der Waals surface area contributed by atoms with Crippen LogP contribution in [0.25, 0.3) is 0 Å². The number of benzene rings is 1. The molecule has 0 bridgehead atoms. The largest absolute Gasteiger partial charge is 0.393 e. The second kappa shape index (κ2) is 6.15. The zero-order chi connectivity index (χ0) is 14.7. The molecule has 2 N–H and O–H groups in total. The summed E-state index contributed by atoms with van der Waals surface area (Å²) in [6, 6.07) is 4.07. The molecule has 0 saturated heterocycles. The molecule has 1 rings (SSSR count). The molecular formula is C15H22N2OS. The number of rotatable bonds is 4. The normalized spacial score (nSPS) is 12.1. The highest BCUT2D eigenvalue weighted by molar-refractivity contribution is 7.80. The quantitative estimate of drug-likeness (QED) is 0.861. The molecule has 0 aromatic heterocycles. The van der Waals surface area contributed by atoms with Gasteiger partial charge in [-0.2, -0.15) is 0 Å². The second-order valence-corrected chi connectivity index (χ2v) is 5.73. The lowest BCUT2D eigenvalue weighted by Crippen LogP contribution is -2.36. The maximum atomic E-state index is 12.5. The summed E-state index contributed by atoms with van der Waals surface area (Å²) in [5.41, 5.74) is 9.57. The van der Waals surface area contributed by atoms with Crippen LogP contribution in [0.5, 0.6) is 0 Å². The van der Waals surface area contributed by atoms with Gasteiger partial charge in [0.1, 0.15) is 0 Å². The lowest BCUT2D eigenvalue weighted by atomic mass is 9.98. The molecule has 1 unspecified atom stereocenters. The van der Waals surface area contributed by atoms with Crippen LogP contribution in [0.1, 0.15) is 34.0 Å². The van der Waals surface area contributed by atoms with Crippen molar-refractivity contribution < 1.29 is 4.79 Å². The molecule has 0 heterocycles. The van der Waals surface area contributed by atoms with E-state index in [1.807, 2.05) is 39.8 Å². The van der Waals surface area contributed by atoms with E-state index in [0.29, 0.717) is 11.5 Å². The van der Waals surface area contributed by atoms with Gasteiger partial charge in [0.05, 0.1) is 4.99 Å². The van der Waals surface area contributed by atoms with Crippen molar-refractivity contribution in [3.8, 4) is 0 Å². The first kappa shape index (κ1) is 15.6. The smallest absolute Gasteiger partial charge is 0.254 e. The molecule has 0 aliphatic rings. The van der Waals surface area contributed by atoms with Crippen LogP contribution in [0, 0.1) is 26.7 Å². The molecule has 104 valence electrons. The molecule has 0 saturated carbocycles. The monoisotopic (exact) mass is 278 g/mol. The summed E-state index contributed by atoms with van der Waals surface area (Å²) in [6.45, 7) is 8.45. The van der Waals surface area contributed by atoms with E-state index in [-0.39, 0.29) is 11.8 Å². The van der Waals surface area contributed by atoms with E-state index in [9.17, 15) is 4.79 Å². The molecule has 1 atom stereocenters. The van der Waals surface area contributed by atoms with Crippen LogP contribution in [0.3, 0.4) is 0 Å². The Kier molecular flexibility index (Phi) is 5.06. The zero-order valence-electron chi connectivity index (χ0n) is 12.3. The summed E-state index contributed by atoms with van der Waals surface area (Å²) in [6.07, 6.45) is 0. The molecule has 3 nitrogen and oxygen atoms in total. The minimum absolute atomic E-state index is 0.0232. The average Bonchev–Trinajstić information content (AvgIpc) is 2.26. The third-order valence-electron chi connectivity index (χ3n) is 3.27. The Morgan fingerprint density at radius 1 is 1.32 bits per heavy atom. The minimum Gasteiger partial charge on any atom is -0.393 e. The van der Waals surface area contributed by atoms with Crippen LogP contribution in [0.4, 0.5) is 0 Å². The minimum atomic E-state index is 0.0232. The fourth-order valence-corrected chi connectivity index (χ4v) is 2.37. The summed E-state index contributed by atoms with van der Waals surface area (Å²) in [4.78, 5) is 14.6. The van der Waals surface area contributed by atoms with Gasteiger partial charge in [0, 0.05) is 25.1 Å². The summed E-state index contributed by atoms with van der Waals surface area (Å²) in [5.74, 6) is 0.0492. The van der Waals surface area contributed by atoms with E-state index in [1.54, 1.807) is 11.9 Å². The molecule has 1 aromatic carbocycles. The van der Waals surface area contributed by atoms with E-state index >= 15 is 0 Å².